The van der Waals surface area contributed by atoms with E-state index in [-0.39, 0.29) is 12.0 Å². The molecule has 2 aliphatic heterocycles. The fourth-order valence-corrected chi connectivity index (χ4v) is 1.89. The quantitative estimate of drug-likeness (QED) is 0.678. The normalized spacial score (nSPS) is 28.2. The lowest BCUT2D eigenvalue weighted by molar-refractivity contribution is -0.148. The summed E-state index contributed by atoms with van der Waals surface area (Å²) in [5.41, 5.74) is 0. The molecule has 2 rings (SSSR count). The predicted molar refractivity (Wildman–Crippen MR) is 53.0 cm³/mol. The van der Waals surface area contributed by atoms with Crippen molar-refractivity contribution in [3.8, 4) is 0 Å². The number of amides is 1. The van der Waals surface area contributed by atoms with Gasteiger partial charge in [-0.3, -0.25) is 4.79 Å². The Bertz CT molecular complexity index is 206. The first kappa shape index (κ1) is 9.93. The van der Waals surface area contributed by atoms with Gasteiger partial charge in [-0.1, -0.05) is 0 Å². The molecule has 0 spiro atoms. The van der Waals surface area contributed by atoms with Crippen molar-refractivity contribution in [3.05, 3.63) is 0 Å². The van der Waals surface area contributed by atoms with Gasteiger partial charge in [0, 0.05) is 26.7 Å². The Morgan fingerprint density at radius 2 is 2.21 bits per heavy atom. The number of hydrogen-bond acceptors (Lipinski definition) is 3. The summed E-state index contributed by atoms with van der Waals surface area (Å²) in [5, 5.41) is 3.17. The van der Waals surface area contributed by atoms with Crippen molar-refractivity contribution >= 4 is 5.91 Å². The molecule has 0 saturated carbocycles. The summed E-state index contributed by atoms with van der Waals surface area (Å²) in [6.45, 7) is 2.59. The van der Waals surface area contributed by atoms with Crippen LogP contribution >= 0.6 is 0 Å². The maximum absolute atomic E-state index is 11.9. The predicted octanol–water partition coefficient (Wildman–Crippen LogP) is -0.0143. The van der Waals surface area contributed by atoms with Crippen molar-refractivity contribution < 1.29 is 9.53 Å². The van der Waals surface area contributed by atoms with E-state index in [9.17, 15) is 4.79 Å². The minimum atomic E-state index is -0.172. The Morgan fingerprint density at radius 1 is 1.43 bits per heavy atom. The molecule has 14 heavy (non-hydrogen) atoms. The van der Waals surface area contributed by atoms with Crippen LogP contribution in [0.1, 0.15) is 19.3 Å². The highest BCUT2D eigenvalue weighted by molar-refractivity contribution is 5.81. The first-order chi connectivity index (χ1) is 6.79. The van der Waals surface area contributed by atoms with E-state index >= 15 is 0 Å². The van der Waals surface area contributed by atoms with Crippen LogP contribution in [0.4, 0.5) is 0 Å². The molecule has 1 atom stereocenters. The molecule has 2 heterocycles. The summed E-state index contributed by atoms with van der Waals surface area (Å²) in [6, 6.07) is 0.382. The maximum Gasteiger partial charge on any atom is 0.251 e. The second kappa shape index (κ2) is 4.28. The van der Waals surface area contributed by atoms with Gasteiger partial charge in [0.2, 0.25) is 0 Å². The van der Waals surface area contributed by atoms with Gasteiger partial charge in [-0.25, -0.2) is 0 Å². The molecule has 0 bridgehead atoms. The molecule has 4 nitrogen and oxygen atoms in total. The second-order valence-corrected chi connectivity index (χ2v) is 4.12. The Balaban J connectivity index is 1.85. The van der Waals surface area contributed by atoms with Gasteiger partial charge in [0.1, 0.15) is 6.10 Å². The van der Waals surface area contributed by atoms with Gasteiger partial charge < -0.3 is 15.0 Å². The molecule has 1 amide bonds. The van der Waals surface area contributed by atoms with Gasteiger partial charge in [0.15, 0.2) is 0 Å². The molecule has 2 saturated heterocycles. The number of nitrogens with zero attached hydrogens (tertiary/aromatic N) is 1. The Labute approximate surface area is 84.6 Å². The fourth-order valence-electron chi connectivity index (χ4n) is 1.89. The highest BCUT2D eigenvalue weighted by Crippen LogP contribution is 2.16. The smallest absolute Gasteiger partial charge is 0.251 e. The molecular weight excluding hydrogens is 180 g/mol. The highest BCUT2D eigenvalue weighted by atomic mass is 16.5. The second-order valence-electron chi connectivity index (χ2n) is 4.12. The molecule has 2 fully saturated rings. The highest BCUT2D eigenvalue weighted by Gasteiger charge is 2.31. The van der Waals surface area contributed by atoms with E-state index < -0.39 is 0 Å². The lowest BCUT2D eigenvalue weighted by atomic mass is 10.1. The van der Waals surface area contributed by atoms with Crippen molar-refractivity contribution in [2.75, 3.05) is 26.7 Å². The van der Waals surface area contributed by atoms with Crippen LogP contribution in [0, 0.1) is 0 Å². The molecule has 1 unspecified atom stereocenters. The van der Waals surface area contributed by atoms with Crippen LogP contribution in [0.2, 0.25) is 0 Å². The van der Waals surface area contributed by atoms with E-state index in [1.165, 1.54) is 0 Å². The van der Waals surface area contributed by atoms with Crippen LogP contribution in [0.25, 0.3) is 0 Å². The van der Waals surface area contributed by atoms with Crippen LogP contribution in [-0.2, 0) is 9.53 Å². The van der Waals surface area contributed by atoms with Gasteiger partial charge in [-0.2, -0.15) is 0 Å². The molecule has 4 heteroatoms. The monoisotopic (exact) mass is 198 g/mol. The van der Waals surface area contributed by atoms with E-state index in [4.69, 9.17) is 4.74 Å². The van der Waals surface area contributed by atoms with Crippen molar-refractivity contribution in [2.45, 2.75) is 31.4 Å². The van der Waals surface area contributed by atoms with Crippen molar-refractivity contribution in [1.82, 2.24) is 10.2 Å². The van der Waals surface area contributed by atoms with Gasteiger partial charge in [0.25, 0.3) is 5.91 Å². The number of ether oxygens (including phenoxy) is 1. The Morgan fingerprint density at radius 3 is 2.71 bits per heavy atom. The molecule has 0 aromatic rings. The van der Waals surface area contributed by atoms with Crippen LogP contribution in [0.3, 0.4) is 0 Å². The van der Waals surface area contributed by atoms with Gasteiger partial charge in [-0.15, -0.1) is 0 Å². The van der Waals surface area contributed by atoms with Gasteiger partial charge in [0.05, 0.1) is 6.04 Å². The van der Waals surface area contributed by atoms with Crippen molar-refractivity contribution in [3.63, 3.8) is 0 Å². The maximum atomic E-state index is 11.9. The summed E-state index contributed by atoms with van der Waals surface area (Å²) >= 11 is 0. The molecule has 0 aliphatic carbocycles. The lowest BCUT2D eigenvalue weighted by Crippen LogP contribution is -2.59. The third-order valence-corrected chi connectivity index (χ3v) is 3.11. The zero-order valence-electron chi connectivity index (χ0n) is 8.66. The average Bonchev–Trinajstić information content (AvgIpc) is 2.15. The van der Waals surface area contributed by atoms with E-state index in [1.54, 1.807) is 0 Å². The third kappa shape index (κ3) is 1.91. The molecule has 0 radical (unpaired) electrons. The number of rotatable bonds is 2. The number of carbonyl (C=O) groups excluding carboxylic acids is 1. The number of hydrogen-bond donors (Lipinski definition) is 1. The average molecular weight is 198 g/mol. The summed E-state index contributed by atoms with van der Waals surface area (Å²) in [7, 11) is 1.88. The van der Waals surface area contributed by atoms with Crippen LogP contribution < -0.4 is 5.32 Å². The molecule has 0 aromatic carbocycles. The third-order valence-electron chi connectivity index (χ3n) is 3.11. The summed E-state index contributed by atoms with van der Waals surface area (Å²) in [4.78, 5) is 13.7. The van der Waals surface area contributed by atoms with E-state index in [0.717, 1.165) is 39.0 Å². The zero-order chi connectivity index (χ0) is 9.97. The van der Waals surface area contributed by atoms with Crippen LogP contribution in [-0.4, -0.2) is 49.7 Å². The van der Waals surface area contributed by atoms with Gasteiger partial charge in [-0.05, 0) is 19.3 Å². The SMILES string of the molecule is CN(C(=O)C1CCCCO1)C1CNC1. The van der Waals surface area contributed by atoms with Crippen LogP contribution in [0.5, 0.6) is 0 Å². The minimum absolute atomic E-state index is 0.163. The minimum Gasteiger partial charge on any atom is -0.368 e. The van der Waals surface area contributed by atoms with E-state index in [2.05, 4.69) is 5.32 Å². The largest absolute Gasteiger partial charge is 0.368 e. The Kier molecular flexibility index (Phi) is 3.03. The summed E-state index contributed by atoms with van der Waals surface area (Å²) in [6.07, 6.45) is 2.93. The first-order valence-corrected chi connectivity index (χ1v) is 5.38. The number of nitrogens with one attached hydrogen (secondary N) is 1. The zero-order valence-corrected chi connectivity index (χ0v) is 8.66. The summed E-state index contributed by atoms with van der Waals surface area (Å²) in [5.74, 6) is 0.163. The van der Waals surface area contributed by atoms with E-state index in [1.807, 2.05) is 11.9 Å². The van der Waals surface area contributed by atoms with Crippen LogP contribution in [0.15, 0.2) is 0 Å². The number of likely N-dealkylation sites (N-methyl/N-ethyl adjacent to an activating group) is 1. The lowest BCUT2D eigenvalue weighted by Gasteiger charge is -2.37. The van der Waals surface area contributed by atoms with Gasteiger partial charge >= 0.3 is 0 Å². The topological polar surface area (TPSA) is 41.6 Å². The Hall–Kier alpha value is -0.610. The molecule has 0 aromatic heterocycles. The molecule has 80 valence electrons. The fraction of sp³-hybridized carbons (Fsp3) is 0.900. The number of carbonyl (C=O) groups is 1. The molecule has 2 aliphatic rings. The standard InChI is InChI=1S/C10H18N2O2/c1-12(8-6-11-7-8)10(13)9-4-2-3-5-14-9/h8-9,11H,2-7H2,1H3. The summed E-state index contributed by atoms with van der Waals surface area (Å²) < 4.78 is 5.47. The molecular formula is C10H18N2O2. The van der Waals surface area contributed by atoms with Crippen molar-refractivity contribution in [2.24, 2.45) is 0 Å². The van der Waals surface area contributed by atoms with Crippen molar-refractivity contribution in [1.29, 1.82) is 0 Å². The molecule has 1 N–H and O–H groups in total. The first-order valence-electron chi connectivity index (χ1n) is 5.38. The van der Waals surface area contributed by atoms with E-state index in [0.29, 0.717) is 6.04 Å².